The molecule has 1 saturated carbocycles. The van der Waals surface area contributed by atoms with Gasteiger partial charge in [-0.1, -0.05) is 36.8 Å². The van der Waals surface area contributed by atoms with E-state index < -0.39 is 10.0 Å². The first-order chi connectivity index (χ1) is 12.6. The van der Waals surface area contributed by atoms with E-state index in [9.17, 15) is 8.42 Å². The molecule has 0 unspecified atom stereocenters. The third-order valence-corrected chi connectivity index (χ3v) is 5.70. The second-order valence-corrected chi connectivity index (χ2v) is 8.35. The standard InChI is InChI=1S/C18H30N4O3S/c1-19-18(20-10-12-25-15-17-6-3-2-4-7-17)21-11-13-26(23,24)22-14-16-8-5-9-16/h2-4,6-7,16,22H,5,8-15H2,1H3,(H2,19,20,21). The monoisotopic (exact) mass is 382 g/mol. The van der Waals surface area contributed by atoms with Gasteiger partial charge in [0.2, 0.25) is 10.0 Å². The van der Waals surface area contributed by atoms with Crippen LogP contribution >= 0.6 is 0 Å². The summed E-state index contributed by atoms with van der Waals surface area (Å²) in [6, 6.07) is 9.99. The lowest BCUT2D eigenvalue weighted by Crippen LogP contribution is -2.42. The van der Waals surface area contributed by atoms with Crippen molar-refractivity contribution < 1.29 is 13.2 Å². The predicted octanol–water partition coefficient (Wildman–Crippen LogP) is 1.09. The molecule has 0 saturated heterocycles. The van der Waals surface area contributed by atoms with E-state index >= 15 is 0 Å². The van der Waals surface area contributed by atoms with Crippen molar-refractivity contribution in [1.82, 2.24) is 15.4 Å². The largest absolute Gasteiger partial charge is 0.375 e. The zero-order valence-corrected chi connectivity index (χ0v) is 16.2. The second-order valence-electron chi connectivity index (χ2n) is 6.43. The first-order valence-electron chi connectivity index (χ1n) is 9.12. The van der Waals surface area contributed by atoms with Crippen LogP contribution in [0.5, 0.6) is 0 Å². The van der Waals surface area contributed by atoms with Crippen LogP contribution < -0.4 is 15.4 Å². The average Bonchev–Trinajstić information content (AvgIpc) is 2.59. The Kier molecular flexibility index (Phi) is 8.87. The molecule has 0 spiro atoms. The maximum atomic E-state index is 11.9. The molecule has 1 aromatic rings. The summed E-state index contributed by atoms with van der Waals surface area (Å²) in [6.07, 6.45) is 3.47. The van der Waals surface area contributed by atoms with Crippen LogP contribution in [0.2, 0.25) is 0 Å². The van der Waals surface area contributed by atoms with E-state index in [1.165, 1.54) is 6.42 Å². The fourth-order valence-electron chi connectivity index (χ4n) is 2.54. The van der Waals surface area contributed by atoms with E-state index in [1.807, 2.05) is 30.3 Å². The van der Waals surface area contributed by atoms with E-state index in [-0.39, 0.29) is 5.75 Å². The third kappa shape index (κ3) is 8.16. The minimum atomic E-state index is -3.24. The van der Waals surface area contributed by atoms with Crippen molar-refractivity contribution in [2.45, 2.75) is 25.9 Å². The number of guanidine groups is 1. The number of nitrogens with one attached hydrogen (secondary N) is 3. The maximum Gasteiger partial charge on any atom is 0.213 e. The van der Waals surface area contributed by atoms with Gasteiger partial charge in [-0.3, -0.25) is 4.99 Å². The van der Waals surface area contributed by atoms with Gasteiger partial charge in [0.25, 0.3) is 0 Å². The summed E-state index contributed by atoms with van der Waals surface area (Å²) in [7, 11) is -1.58. The van der Waals surface area contributed by atoms with Crippen molar-refractivity contribution in [1.29, 1.82) is 0 Å². The quantitative estimate of drug-likeness (QED) is 0.303. The van der Waals surface area contributed by atoms with Gasteiger partial charge in [0.15, 0.2) is 5.96 Å². The normalized spacial score (nSPS) is 15.5. The topological polar surface area (TPSA) is 91.8 Å². The lowest BCUT2D eigenvalue weighted by atomic mass is 9.86. The third-order valence-electron chi connectivity index (χ3n) is 4.35. The van der Waals surface area contributed by atoms with Crippen LogP contribution in [0, 0.1) is 5.92 Å². The summed E-state index contributed by atoms with van der Waals surface area (Å²) >= 11 is 0. The minimum absolute atomic E-state index is 0.0327. The molecule has 0 aliphatic heterocycles. The molecule has 0 radical (unpaired) electrons. The van der Waals surface area contributed by atoms with Crippen molar-refractivity contribution in [3.63, 3.8) is 0 Å². The predicted molar refractivity (Wildman–Crippen MR) is 105 cm³/mol. The molecule has 1 aliphatic carbocycles. The minimum Gasteiger partial charge on any atom is -0.375 e. The van der Waals surface area contributed by atoms with Gasteiger partial charge in [-0.05, 0) is 24.3 Å². The highest BCUT2D eigenvalue weighted by Gasteiger charge is 2.19. The van der Waals surface area contributed by atoms with Crippen LogP contribution in [0.4, 0.5) is 0 Å². The van der Waals surface area contributed by atoms with E-state index in [4.69, 9.17) is 4.74 Å². The Morgan fingerprint density at radius 2 is 1.92 bits per heavy atom. The number of rotatable bonds is 11. The highest BCUT2D eigenvalue weighted by Crippen LogP contribution is 2.25. The fraction of sp³-hybridized carbons (Fsp3) is 0.611. The maximum absolute atomic E-state index is 11.9. The average molecular weight is 383 g/mol. The number of aliphatic imine (C=N–C) groups is 1. The summed E-state index contributed by atoms with van der Waals surface area (Å²) in [4.78, 5) is 4.08. The summed E-state index contributed by atoms with van der Waals surface area (Å²) < 4.78 is 32.2. The molecule has 3 N–H and O–H groups in total. The van der Waals surface area contributed by atoms with Gasteiger partial charge in [0.05, 0.1) is 19.0 Å². The Bertz CT molecular complexity index is 646. The van der Waals surface area contributed by atoms with E-state index in [0.717, 1.165) is 18.4 Å². The number of sulfonamides is 1. The van der Waals surface area contributed by atoms with Crippen LogP contribution in [-0.4, -0.2) is 53.4 Å². The van der Waals surface area contributed by atoms with Gasteiger partial charge in [-0.2, -0.15) is 0 Å². The Morgan fingerprint density at radius 3 is 2.58 bits per heavy atom. The van der Waals surface area contributed by atoms with Crippen molar-refractivity contribution in [2.24, 2.45) is 10.9 Å². The van der Waals surface area contributed by atoms with Crippen molar-refractivity contribution in [3.05, 3.63) is 35.9 Å². The number of hydrogen-bond acceptors (Lipinski definition) is 4. The number of benzene rings is 1. The summed E-state index contributed by atoms with van der Waals surface area (Å²) in [5.74, 6) is 1.12. The Morgan fingerprint density at radius 1 is 1.19 bits per heavy atom. The zero-order chi connectivity index (χ0) is 18.7. The molecule has 7 nitrogen and oxygen atoms in total. The SMILES string of the molecule is CN=C(NCCOCc1ccccc1)NCCS(=O)(=O)NCC1CCC1. The van der Waals surface area contributed by atoms with Crippen molar-refractivity contribution >= 4 is 16.0 Å². The van der Waals surface area contributed by atoms with E-state index in [1.54, 1.807) is 7.05 Å². The molecule has 1 fully saturated rings. The first-order valence-corrected chi connectivity index (χ1v) is 10.8. The molecule has 146 valence electrons. The van der Waals surface area contributed by atoms with E-state index in [2.05, 4.69) is 20.3 Å². The van der Waals surface area contributed by atoms with Gasteiger partial charge in [-0.15, -0.1) is 0 Å². The summed E-state index contributed by atoms with van der Waals surface area (Å²) in [5.41, 5.74) is 1.13. The van der Waals surface area contributed by atoms with Gasteiger partial charge in [0, 0.05) is 26.7 Å². The zero-order valence-electron chi connectivity index (χ0n) is 15.4. The van der Waals surface area contributed by atoms with E-state index in [0.29, 0.717) is 44.7 Å². The van der Waals surface area contributed by atoms with Crippen LogP contribution in [-0.2, 0) is 21.4 Å². The van der Waals surface area contributed by atoms with Crippen LogP contribution in [0.25, 0.3) is 0 Å². The highest BCUT2D eigenvalue weighted by molar-refractivity contribution is 7.89. The summed E-state index contributed by atoms with van der Waals surface area (Å²) in [5, 5.41) is 6.12. The molecular formula is C18H30N4O3S. The van der Waals surface area contributed by atoms with Crippen LogP contribution in [0.3, 0.4) is 0 Å². The summed E-state index contributed by atoms with van der Waals surface area (Å²) in [6.45, 7) is 2.58. The molecule has 8 heteroatoms. The first kappa shape index (κ1) is 20.7. The lowest BCUT2D eigenvalue weighted by Gasteiger charge is -2.25. The highest BCUT2D eigenvalue weighted by atomic mass is 32.2. The molecule has 0 amide bonds. The molecule has 1 aromatic carbocycles. The van der Waals surface area contributed by atoms with Gasteiger partial charge in [0.1, 0.15) is 0 Å². The smallest absolute Gasteiger partial charge is 0.213 e. The molecular weight excluding hydrogens is 352 g/mol. The Balaban J connectivity index is 1.54. The van der Waals surface area contributed by atoms with Crippen LogP contribution in [0.1, 0.15) is 24.8 Å². The lowest BCUT2D eigenvalue weighted by molar-refractivity contribution is 0.125. The Labute approximate surface area is 156 Å². The van der Waals surface area contributed by atoms with Crippen molar-refractivity contribution in [2.75, 3.05) is 39.0 Å². The van der Waals surface area contributed by atoms with Gasteiger partial charge < -0.3 is 15.4 Å². The van der Waals surface area contributed by atoms with Crippen LogP contribution in [0.15, 0.2) is 35.3 Å². The second kappa shape index (κ2) is 11.2. The number of ether oxygens (including phenoxy) is 1. The molecule has 0 aromatic heterocycles. The molecule has 26 heavy (non-hydrogen) atoms. The molecule has 2 rings (SSSR count). The van der Waals surface area contributed by atoms with Gasteiger partial charge >= 0.3 is 0 Å². The Hall–Kier alpha value is -1.64. The molecule has 1 aliphatic rings. The molecule has 0 heterocycles. The number of hydrogen-bond donors (Lipinski definition) is 3. The van der Waals surface area contributed by atoms with Crippen molar-refractivity contribution in [3.8, 4) is 0 Å². The fourth-order valence-corrected chi connectivity index (χ4v) is 3.55. The number of nitrogens with zero attached hydrogens (tertiary/aromatic N) is 1. The van der Waals surface area contributed by atoms with Gasteiger partial charge in [-0.25, -0.2) is 13.1 Å². The molecule has 0 atom stereocenters. The molecule has 0 bridgehead atoms.